The average molecular weight is 200 g/mol. The normalized spacial score (nSPS) is 10.7. The zero-order valence-corrected chi connectivity index (χ0v) is 6.67. The number of aromatic nitrogens is 1. The summed E-state index contributed by atoms with van der Waals surface area (Å²) in [5.41, 5.74) is -1.24. The van der Waals surface area contributed by atoms with Crippen molar-refractivity contribution in [2.24, 2.45) is 0 Å². The zero-order valence-electron chi connectivity index (χ0n) is 6.67. The fourth-order valence-electron chi connectivity index (χ4n) is 0.830. The SMILES string of the molecule is N#Cc1ncccc1C(=O)C(F)(F)F. The lowest BCUT2D eigenvalue weighted by molar-refractivity contribution is -0.0885. The van der Waals surface area contributed by atoms with Crippen molar-refractivity contribution in [1.29, 1.82) is 5.26 Å². The Hall–Kier alpha value is -1.90. The molecule has 6 heteroatoms. The van der Waals surface area contributed by atoms with E-state index in [1.165, 1.54) is 12.1 Å². The van der Waals surface area contributed by atoms with E-state index in [1.807, 2.05) is 0 Å². The van der Waals surface area contributed by atoms with Crippen LogP contribution < -0.4 is 0 Å². The van der Waals surface area contributed by atoms with Crippen LogP contribution in [-0.4, -0.2) is 16.9 Å². The van der Waals surface area contributed by atoms with Crippen molar-refractivity contribution in [3.8, 4) is 6.07 Å². The molecule has 0 unspecified atom stereocenters. The summed E-state index contributed by atoms with van der Waals surface area (Å²) in [5, 5.41) is 8.40. The standard InChI is InChI=1S/C8H3F3N2O/c9-8(10,11)7(14)5-2-1-3-13-6(5)4-12/h1-3H. The molecule has 0 saturated carbocycles. The first-order valence-corrected chi connectivity index (χ1v) is 3.43. The minimum atomic E-state index is -4.98. The first kappa shape index (κ1) is 10.2. The lowest BCUT2D eigenvalue weighted by atomic mass is 10.1. The molecule has 0 N–H and O–H groups in total. The number of rotatable bonds is 1. The molecule has 1 aromatic heterocycles. The second-order valence-electron chi connectivity index (χ2n) is 2.34. The molecule has 14 heavy (non-hydrogen) atoms. The van der Waals surface area contributed by atoms with Crippen molar-refractivity contribution in [3.63, 3.8) is 0 Å². The largest absolute Gasteiger partial charge is 0.454 e. The maximum absolute atomic E-state index is 12.0. The van der Waals surface area contributed by atoms with Crippen molar-refractivity contribution in [2.45, 2.75) is 6.18 Å². The van der Waals surface area contributed by atoms with Crippen LogP contribution in [0.3, 0.4) is 0 Å². The number of carbonyl (C=O) groups excluding carboxylic acids is 1. The Kier molecular flexibility index (Phi) is 2.51. The van der Waals surface area contributed by atoms with Gasteiger partial charge in [0.1, 0.15) is 6.07 Å². The summed E-state index contributed by atoms with van der Waals surface area (Å²) >= 11 is 0. The van der Waals surface area contributed by atoms with Crippen molar-refractivity contribution in [2.75, 3.05) is 0 Å². The first-order valence-electron chi connectivity index (χ1n) is 3.43. The molecule has 72 valence electrons. The highest BCUT2D eigenvalue weighted by Gasteiger charge is 2.40. The molecule has 0 amide bonds. The molecule has 0 aliphatic carbocycles. The Morgan fingerprint density at radius 1 is 1.50 bits per heavy atom. The van der Waals surface area contributed by atoms with Gasteiger partial charge in [-0.1, -0.05) is 0 Å². The van der Waals surface area contributed by atoms with Gasteiger partial charge < -0.3 is 0 Å². The summed E-state index contributed by atoms with van der Waals surface area (Å²) in [6.07, 6.45) is -3.83. The van der Waals surface area contributed by atoms with Crippen molar-refractivity contribution in [1.82, 2.24) is 4.98 Å². The van der Waals surface area contributed by atoms with E-state index < -0.39 is 23.2 Å². The fourth-order valence-corrected chi connectivity index (χ4v) is 0.830. The van der Waals surface area contributed by atoms with E-state index in [0.717, 1.165) is 12.3 Å². The van der Waals surface area contributed by atoms with E-state index in [2.05, 4.69) is 4.98 Å². The summed E-state index contributed by atoms with van der Waals surface area (Å²) in [5.74, 6) is -2.05. The van der Waals surface area contributed by atoms with Gasteiger partial charge in [-0.25, -0.2) is 4.98 Å². The highest BCUT2D eigenvalue weighted by Crippen LogP contribution is 2.22. The van der Waals surface area contributed by atoms with Gasteiger partial charge in [0.15, 0.2) is 5.69 Å². The Morgan fingerprint density at radius 2 is 2.14 bits per heavy atom. The minimum Gasteiger partial charge on any atom is -0.284 e. The number of Topliss-reactive ketones (excluding diaryl/α,β-unsaturated/α-hetero) is 1. The number of halogens is 3. The van der Waals surface area contributed by atoms with Crippen LogP contribution in [0.15, 0.2) is 18.3 Å². The number of hydrogen-bond donors (Lipinski definition) is 0. The van der Waals surface area contributed by atoms with Crippen LogP contribution in [0.5, 0.6) is 0 Å². The lowest BCUT2D eigenvalue weighted by Crippen LogP contribution is -2.23. The summed E-state index contributed by atoms with van der Waals surface area (Å²) < 4.78 is 35.9. The predicted molar refractivity (Wildman–Crippen MR) is 39.3 cm³/mol. The molecule has 1 aromatic rings. The average Bonchev–Trinajstić information content (AvgIpc) is 2.15. The maximum Gasteiger partial charge on any atom is 0.454 e. The molecule has 0 fully saturated rings. The van der Waals surface area contributed by atoms with Crippen LogP contribution in [0, 0.1) is 11.3 Å². The van der Waals surface area contributed by atoms with Crippen molar-refractivity contribution in [3.05, 3.63) is 29.6 Å². The molecule has 0 aromatic carbocycles. The Bertz CT molecular complexity index is 406. The number of pyridine rings is 1. The van der Waals surface area contributed by atoms with Gasteiger partial charge >= 0.3 is 6.18 Å². The molecule has 1 heterocycles. The summed E-state index contributed by atoms with van der Waals surface area (Å²) in [6, 6.07) is 3.50. The Morgan fingerprint density at radius 3 is 2.64 bits per heavy atom. The second kappa shape index (κ2) is 3.46. The van der Waals surface area contributed by atoms with E-state index >= 15 is 0 Å². The number of alkyl halides is 3. The van der Waals surface area contributed by atoms with Crippen LogP contribution in [-0.2, 0) is 0 Å². The zero-order chi connectivity index (χ0) is 10.8. The topological polar surface area (TPSA) is 53.8 Å². The molecule has 0 aliphatic heterocycles. The van der Waals surface area contributed by atoms with E-state index in [-0.39, 0.29) is 0 Å². The van der Waals surface area contributed by atoms with Gasteiger partial charge in [0, 0.05) is 6.20 Å². The van der Waals surface area contributed by atoms with Gasteiger partial charge in [0.05, 0.1) is 5.56 Å². The fraction of sp³-hybridized carbons (Fsp3) is 0.125. The molecular formula is C8H3F3N2O. The monoisotopic (exact) mass is 200 g/mol. The van der Waals surface area contributed by atoms with Gasteiger partial charge in [-0.15, -0.1) is 0 Å². The quantitative estimate of drug-likeness (QED) is 0.648. The maximum atomic E-state index is 12.0. The lowest BCUT2D eigenvalue weighted by Gasteiger charge is -2.04. The number of nitriles is 1. The van der Waals surface area contributed by atoms with Crippen LogP contribution in [0.4, 0.5) is 13.2 Å². The highest BCUT2D eigenvalue weighted by molar-refractivity contribution is 6.01. The van der Waals surface area contributed by atoms with Gasteiger partial charge in [-0.3, -0.25) is 4.79 Å². The molecule has 0 atom stereocenters. The third kappa shape index (κ3) is 1.88. The number of ketones is 1. The van der Waals surface area contributed by atoms with Crippen LogP contribution in [0.25, 0.3) is 0 Å². The third-order valence-corrected chi connectivity index (χ3v) is 1.42. The van der Waals surface area contributed by atoms with Crippen LogP contribution in [0.2, 0.25) is 0 Å². The van der Waals surface area contributed by atoms with Crippen LogP contribution >= 0.6 is 0 Å². The summed E-state index contributed by atoms with van der Waals surface area (Å²) in [4.78, 5) is 14.1. The molecule has 0 radical (unpaired) electrons. The molecule has 0 aliphatic rings. The van der Waals surface area contributed by atoms with E-state index in [1.54, 1.807) is 0 Å². The molecular weight excluding hydrogens is 197 g/mol. The predicted octanol–water partition coefficient (Wildman–Crippen LogP) is 1.70. The summed E-state index contributed by atoms with van der Waals surface area (Å²) in [7, 11) is 0. The molecule has 0 saturated heterocycles. The molecule has 3 nitrogen and oxygen atoms in total. The van der Waals surface area contributed by atoms with Crippen molar-refractivity contribution >= 4 is 5.78 Å². The van der Waals surface area contributed by atoms with Gasteiger partial charge in [-0.05, 0) is 12.1 Å². The Balaban J connectivity index is 3.22. The van der Waals surface area contributed by atoms with Crippen LogP contribution in [0.1, 0.15) is 16.1 Å². The number of hydrogen-bond acceptors (Lipinski definition) is 3. The number of nitrogens with zero attached hydrogens (tertiary/aromatic N) is 2. The van der Waals surface area contributed by atoms with Gasteiger partial charge in [0.2, 0.25) is 0 Å². The van der Waals surface area contributed by atoms with E-state index in [4.69, 9.17) is 5.26 Å². The second-order valence-corrected chi connectivity index (χ2v) is 2.34. The third-order valence-electron chi connectivity index (χ3n) is 1.42. The van der Waals surface area contributed by atoms with Gasteiger partial charge in [-0.2, -0.15) is 18.4 Å². The van der Waals surface area contributed by atoms with E-state index in [9.17, 15) is 18.0 Å². The molecule has 1 rings (SSSR count). The highest BCUT2D eigenvalue weighted by atomic mass is 19.4. The molecule has 0 spiro atoms. The smallest absolute Gasteiger partial charge is 0.284 e. The van der Waals surface area contributed by atoms with E-state index in [0.29, 0.717) is 0 Å². The first-order chi connectivity index (χ1) is 6.46. The Labute approximate surface area is 76.8 Å². The molecule has 0 bridgehead atoms. The minimum absolute atomic E-state index is 0.519. The van der Waals surface area contributed by atoms with Crippen molar-refractivity contribution < 1.29 is 18.0 Å². The van der Waals surface area contributed by atoms with Gasteiger partial charge in [0.25, 0.3) is 5.78 Å². The number of carbonyl (C=O) groups is 1. The summed E-state index contributed by atoms with van der Waals surface area (Å²) in [6.45, 7) is 0.